The Morgan fingerprint density at radius 1 is 1.27 bits per heavy atom. The molecule has 0 saturated heterocycles. The lowest BCUT2D eigenvalue weighted by Crippen LogP contribution is -2.41. The van der Waals surface area contributed by atoms with Crippen LogP contribution in [0.3, 0.4) is 0 Å². The molecule has 0 aliphatic carbocycles. The van der Waals surface area contributed by atoms with Crippen LogP contribution in [0.4, 0.5) is 4.79 Å². The first-order valence-corrected chi connectivity index (χ1v) is 8.13. The van der Waals surface area contributed by atoms with Gasteiger partial charge in [0.2, 0.25) is 0 Å². The molecule has 2 amide bonds. The van der Waals surface area contributed by atoms with Crippen molar-refractivity contribution in [3.8, 4) is 0 Å². The second-order valence-corrected chi connectivity index (χ2v) is 6.29. The summed E-state index contributed by atoms with van der Waals surface area (Å²) in [7, 11) is 0. The standard InChI is InChI=1S/C17H18N2O2S/c1-12(19-17(20)18-11-15-6-4-8-22-15)9-14-10-13-5-2-3-7-16(13)21-14/h2-8,10,12H,9,11H2,1H3,(H2,18,19,20)/t12-/m0/s1. The first kappa shape index (κ1) is 14.7. The van der Waals surface area contributed by atoms with Gasteiger partial charge in [-0.2, -0.15) is 0 Å². The maximum absolute atomic E-state index is 11.9. The third kappa shape index (κ3) is 3.68. The average Bonchev–Trinajstić information content (AvgIpc) is 3.13. The molecule has 3 rings (SSSR count). The molecule has 114 valence electrons. The molecule has 22 heavy (non-hydrogen) atoms. The molecule has 3 aromatic rings. The molecule has 1 atom stereocenters. The Labute approximate surface area is 133 Å². The van der Waals surface area contributed by atoms with Gasteiger partial charge in [0.1, 0.15) is 11.3 Å². The third-order valence-corrected chi connectivity index (χ3v) is 4.24. The van der Waals surface area contributed by atoms with E-state index < -0.39 is 0 Å². The number of furan rings is 1. The highest BCUT2D eigenvalue weighted by Gasteiger charge is 2.11. The van der Waals surface area contributed by atoms with Crippen molar-refractivity contribution in [2.75, 3.05) is 0 Å². The van der Waals surface area contributed by atoms with Gasteiger partial charge in [0, 0.05) is 22.7 Å². The van der Waals surface area contributed by atoms with Crippen molar-refractivity contribution >= 4 is 28.3 Å². The van der Waals surface area contributed by atoms with Crippen molar-refractivity contribution in [2.45, 2.75) is 25.9 Å². The number of amides is 2. The molecule has 0 spiro atoms. The summed E-state index contributed by atoms with van der Waals surface area (Å²) >= 11 is 1.63. The van der Waals surface area contributed by atoms with Gasteiger partial charge in [0.25, 0.3) is 0 Å². The summed E-state index contributed by atoms with van der Waals surface area (Å²) in [6.45, 7) is 2.53. The minimum Gasteiger partial charge on any atom is -0.461 e. The minimum atomic E-state index is -0.156. The summed E-state index contributed by atoms with van der Waals surface area (Å²) < 4.78 is 5.77. The zero-order valence-corrected chi connectivity index (χ0v) is 13.2. The second kappa shape index (κ2) is 6.66. The number of hydrogen-bond acceptors (Lipinski definition) is 3. The van der Waals surface area contributed by atoms with Crippen LogP contribution in [-0.2, 0) is 13.0 Å². The SMILES string of the molecule is C[C@@H](Cc1cc2ccccc2o1)NC(=O)NCc1cccs1. The van der Waals surface area contributed by atoms with E-state index in [0.717, 1.165) is 21.6 Å². The van der Waals surface area contributed by atoms with Crippen LogP contribution in [0.2, 0.25) is 0 Å². The van der Waals surface area contributed by atoms with E-state index in [9.17, 15) is 4.79 Å². The number of para-hydroxylation sites is 1. The number of thiophene rings is 1. The van der Waals surface area contributed by atoms with Crippen LogP contribution < -0.4 is 10.6 Å². The smallest absolute Gasteiger partial charge is 0.315 e. The van der Waals surface area contributed by atoms with Crippen LogP contribution in [0.25, 0.3) is 11.0 Å². The Morgan fingerprint density at radius 3 is 2.91 bits per heavy atom. The molecular weight excluding hydrogens is 296 g/mol. The predicted octanol–water partition coefficient (Wildman–Crippen LogP) is 3.92. The van der Waals surface area contributed by atoms with Crippen LogP contribution in [0.5, 0.6) is 0 Å². The highest BCUT2D eigenvalue weighted by Crippen LogP contribution is 2.19. The molecule has 0 aliphatic rings. The number of fused-ring (bicyclic) bond motifs is 1. The number of hydrogen-bond donors (Lipinski definition) is 2. The molecule has 2 N–H and O–H groups in total. The second-order valence-electron chi connectivity index (χ2n) is 5.26. The summed E-state index contributed by atoms with van der Waals surface area (Å²) in [6, 6.07) is 13.8. The largest absolute Gasteiger partial charge is 0.461 e. The molecule has 0 unspecified atom stereocenters. The molecule has 4 nitrogen and oxygen atoms in total. The molecule has 0 radical (unpaired) electrons. The van der Waals surface area contributed by atoms with Gasteiger partial charge >= 0.3 is 6.03 Å². The topological polar surface area (TPSA) is 54.3 Å². The van der Waals surface area contributed by atoms with Gasteiger partial charge in [-0.3, -0.25) is 0 Å². The van der Waals surface area contributed by atoms with Crippen molar-refractivity contribution < 1.29 is 9.21 Å². The number of carbonyl (C=O) groups excluding carboxylic acids is 1. The van der Waals surface area contributed by atoms with Crippen LogP contribution >= 0.6 is 11.3 Å². The fourth-order valence-electron chi connectivity index (χ4n) is 2.35. The lowest BCUT2D eigenvalue weighted by atomic mass is 10.2. The quantitative estimate of drug-likeness (QED) is 0.750. The predicted molar refractivity (Wildman–Crippen MR) is 89.1 cm³/mol. The monoisotopic (exact) mass is 314 g/mol. The van der Waals surface area contributed by atoms with Crippen LogP contribution in [0.15, 0.2) is 52.3 Å². The van der Waals surface area contributed by atoms with Gasteiger partial charge in [-0.1, -0.05) is 24.3 Å². The van der Waals surface area contributed by atoms with Gasteiger partial charge < -0.3 is 15.1 Å². The first-order chi connectivity index (χ1) is 10.7. The summed E-state index contributed by atoms with van der Waals surface area (Å²) in [5, 5.41) is 8.88. The number of carbonyl (C=O) groups is 1. The fraction of sp³-hybridized carbons (Fsp3) is 0.235. The van der Waals surface area contributed by atoms with Crippen LogP contribution in [0.1, 0.15) is 17.6 Å². The van der Waals surface area contributed by atoms with E-state index in [2.05, 4.69) is 10.6 Å². The van der Waals surface area contributed by atoms with E-state index >= 15 is 0 Å². The summed E-state index contributed by atoms with van der Waals surface area (Å²) in [4.78, 5) is 13.0. The number of urea groups is 1. The van der Waals surface area contributed by atoms with Crippen molar-refractivity contribution in [3.05, 3.63) is 58.5 Å². The van der Waals surface area contributed by atoms with E-state index in [0.29, 0.717) is 13.0 Å². The van der Waals surface area contributed by atoms with Crippen molar-refractivity contribution in [3.63, 3.8) is 0 Å². The lowest BCUT2D eigenvalue weighted by Gasteiger charge is -2.13. The van der Waals surface area contributed by atoms with Crippen molar-refractivity contribution in [2.24, 2.45) is 0 Å². The zero-order chi connectivity index (χ0) is 15.4. The maximum atomic E-state index is 11.9. The van der Waals surface area contributed by atoms with Gasteiger partial charge in [0.15, 0.2) is 0 Å². The normalized spacial score (nSPS) is 12.2. The molecule has 0 saturated carbocycles. The van der Waals surface area contributed by atoms with Gasteiger partial charge in [-0.25, -0.2) is 4.79 Å². The van der Waals surface area contributed by atoms with E-state index in [1.54, 1.807) is 11.3 Å². The number of benzene rings is 1. The van der Waals surface area contributed by atoms with Gasteiger partial charge in [-0.15, -0.1) is 11.3 Å². The average molecular weight is 314 g/mol. The fourth-order valence-corrected chi connectivity index (χ4v) is 2.99. The molecule has 0 fully saturated rings. The zero-order valence-electron chi connectivity index (χ0n) is 12.3. The Morgan fingerprint density at radius 2 is 2.14 bits per heavy atom. The molecule has 1 aromatic carbocycles. The summed E-state index contributed by atoms with van der Waals surface area (Å²) in [6.07, 6.45) is 0.668. The van der Waals surface area contributed by atoms with E-state index in [1.807, 2.05) is 54.8 Å². The van der Waals surface area contributed by atoms with Crippen LogP contribution in [0, 0.1) is 0 Å². The summed E-state index contributed by atoms with van der Waals surface area (Å²) in [5.74, 6) is 0.882. The highest BCUT2D eigenvalue weighted by molar-refractivity contribution is 7.09. The minimum absolute atomic E-state index is 0.00361. The number of nitrogens with one attached hydrogen (secondary N) is 2. The molecule has 5 heteroatoms. The Balaban J connectivity index is 1.51. The lowest BCUT2D eigenvalue weighted by molar-refractivity contribution is 0.237. The van der Waals surface area contributed by atoms with E-state index in [4.69, 9.17) is 4.42 Å². The van der Waals surface area contributed by atoms with Crippen LogP contribution in [-0.4, -0.2) is 12.1 Å². The molecular formula is C17H18N2O2S. The van der Waals surface area contributed by atoms with E-state index in [-0.39, 0.29) is 12.1 Å². The number of rotatable bonds is 5. The molecule has 2 aromatic heterocycles. The molecule has 0 bridgehead atoms. The third-order valence-electron chi connectivity index (χ3n) is 3.36. The Hall–Kier alpha value is -2.27. The highest BCUT2D eigenvalue weighted by atomic mass is 32.1. The van der Waals surface area contributed by atoms with Gasteiger partial charge in [0.05, 0.1) is 6.54 Å². The van der Waals surface area contributed by atoms with E-state index in [1.165, 1.54) is 0 Å². The van der Waals surface area contributed by atoms with Crippen molar-refractivity contribution in [1.82, 2.24) is 10.6 Å². The maximum Gasteiger partial charge on any atom is 0.315 e. The van der Waals surface area contributed by atoms with Gasteiger partial charge in [-0.05, 0) is 30.5 Å². The Kier molecular flexibility index (Phi) is 4.44. The summed E-state index contributed by atoms with van der Waals surface area (Å²) in [5.41, 5.74) is 0.881. The van der Waals surface area contributed by atoms with Crippen molar-refractivity contribution in [1.29, 1.82) is 0 Å². The Bertz CT molecular complexity index is 716. The molecule has 0 aliphatic heterocycles. The first-order valence-electron chi connectivity index (χ1n) is 7.25. The molecule has 2 heterocycles.